The molecule has 0 radical (unpaired) electrons. The molecule has 9 heteroatoms. The molecule has 0 aliphatic rings. The molecule has 0 saturated carbocycles. The number of hydrogen-bond donors (Lipinski definition) is 1. The molecule has 4 nitrogen and oxygen atoms in total. The van der Waals surface area contributed by atoms with E-state index in [0.29, 0.717) is 10.7 Å². The summed E-state index contributed by atoms with van der Waals surface area (Å²) >= 11 is 3.14. The van der Waals surface area contributed by atoms with E-state index in [-0.39, 0.29) is 4.88 Å². The molecule has 2 rings (SSSR count). The molecule has 0 aliphatic carbocycles. The number of thiazole rings is 1. The van der Waals surface area contributed by atoms with Crippen LogP contribution in [0.15, 0.2) is 18.5 Å². The monoisotopic (exact) mass is 427 g/mol. The number of nitrogens with one attached hydrogen (secondary N) is 1. The first-order valence-electron chi connectivity index (χ1n) is 5.69. The summed E-state index contributed by atoms with van der Waals surface area (Å²) in [5.41, 5.74) is 1.12. The number of carbonyl (C=O) groups excluding carboxylic acids is 1. The van der Waals surface area contributed by atoms with Gasteiger partial charge in [0.15, 0.2) is 0 Å². The van der Waals surface area contributed by atoms with E-state index in [0.717, 1.165) is 20.5 Å². The molecule has 0 spiro atoms. The Kier molecular flexibility index (Phi) is 4.81. The first kappa shape index (κ1) is 16.1. The quantitative estimate of drug-likeness (QED) is 0.765. The molecule has 2 heterocycles. The van der Waals surface area contributed by atoms with Crippen molar-refractivity contribution < 1.29 is 18.0 Å². The van der Waals surface area contributed by atoms with Gasteiger partial charge >= 0.3 is 6.18 Å². The Hall–Kier alpha value is -1.23. The number of aryl methyl sites for hydroxylation is 1. The Morgan fingerprint density at radius 3 is 2.76 bits per heavy atom. The fourth-order valence-corrected chi connectivity index (χ4v) is 2.98. The number of halogens is 4. The molecule has 112 valence electrons. The first-order chi connectivity index (χ1) is 9.76. The average molecular weight is 427 g/mol. The lowest BCUT2D eigenvalue weighted by molar-refractivity contribution is -0.123. The van der Waals surface area contributed by atoms with Crippen LogP contribution in [0.25, 0.3) is 10.6 Å². The van der Waals surface area contributed by atoms with Crippen LogP contribution >= 0.6 is 33.9 Å². The zero-order valence-electron chi connectivity index (χ0n) is 10.7. The molecule has 21 heavy (non-hydrogen) atoms. The number of hydrogen-bond acceptors (Lipinski definition) is 4. The van der Waals surface area contributed by atoms with Crippen LogP contribution in [0.2, 0.25) is 0 Å². The van der Waals surface area contributed by atoms with Crippen LogP contribution in [0, 0.1) is 10.5 Å². The Bertz CT molecular complexity index is 672. The minimum atomic E-state index is -4.43. The van der Waals surface area contributed by atoms with Crippen LogP contribution in [0.3, 0.4) is 0 Å². The number of nitrogens with zero attached hydrogens (tertiary/aromatic N) is 2. The summed E-state index contributed by atoms with van der Waals surface area (Å²) in [6.07, 6.45) is -1.17. The lowest BCUT2D eigenvalue weighted by Gasteiger charge is -2.07. The number of aromatic nitrogens is 2. The van der Waals surface area contributed by atoms with Crippen molar-refractivity contribution in [2.45, 2.75) is 13.1 Å². The van der Waals surface area contributed by atoms with Gasteiger partial charge in [0.2, 0.25) is 0 Å². The second-order valence-corrected chi connectivity index (χ2v) is 6.37. The highest BCUT2D eigenvalue weighted by atomic mass is 127. The molecular weight excluding hydrogens is 418 g/mol. The highest BCUT2D eigenvalue weighted by Crippen LogP contribution is 2.28. The molecule has 0 bridgehead atoms. The SMILES string of the molecule is Cc1nc(-c2cncc(I)c2)sc1C(=O)NCC(F)(F)F. The van der Waals surface area contributed by atoms with Crippen LogP contribution in [0.5, 0.6) is 0 Å². The average Bonchev–Trinajstić information content (AvgIpc) is 2.77. The number of amides is 1. The number of pyridine rings is 1. The fraction of sp³-hybridized carbons (Fsp3) is 0.250. The van der Waals surface area contributed by atoms with E-state index in [4.69, 9.17) is 0 Å². The standard InChI is InChI=1S/C12H9F3IN3OS/c1-6-9(10(20)18-5-12(13,14)15)21-11(19-6)7-2-8(16)4-17-3-7/h2-4H,5H2,1H3,(H,18,20). The van der Waals surface area contributed by atoms with Crippen molar-refractivity contribution in [1.29, 1.82) is 0 Å². The van der Waals surface area contributed by atoms with Gasteiger partial charge in [-0.05, 0) is 35.6 Å². The maximum Gasteiger partial charge on any atom is 0.405 e. The predicted octanol–water partition coefficient (Wildman–Crippen LogP) is 3.41. The van der Waals surface area contributed by atoms with Gasteiger partial charge < -0.3 is 5.32 Å². The lowest BCUT2D eigenvalue weighted by Crippen LogP contribution is -2.33. The predicted molar refractivity (Wildman–Crippen MR) is 81.2 cm³/mol. The second-order valence-electron chi connectivity index (χ2n) is 4.12. The zero-order chi connectivity index (χ0) is 15.6. The molecule has 0 atom stereocenters. The highest BCUT2D eigenvalue weighted by molar-refractivity contribution is 14.1. The van der Waals surface area contributed by atoms with Gasteiger partial charge in [0, 0.05) is 21.5 Å². The second kappa shape index (κ2) is 6.26. The van der Waals surface area contributed by atoms with Crippen LogP contribution in [-0.4, -0.2) is 28.6 Å². The van der Waals surface area contributed by atoms with E-state index >= 15 is 0 Å². The van der Waals surface area contributed by atoms with Crippen LogP contribution in [0.1, 0.15) is 15.4 Å². The van der Waals surface area contributed by atoms with Gasteiger partial charge in [-0.3, -0.25) is 9.78 Å². The molecule has 0 fully saturated rings. The van der Waals surface area contributed by atoms with E-state index in [1.165, 1.54) is 0 Å². The molecule has 2 aromatic rings. The van der Waals surface area contributed by atoms with Crippen molar-refractivity contribution in [2.24, 2.45) is 0 Å². The van der Waals surface area contributed by atoms with Gasteiger partial charge in [0.25, 0.3) is 5.91 Å². The topological polar surface area (TPSA) is 54.9 Å². The fourth-order valence-electron chi connectivity index (χ4n) is 1.52. The van der Waals surface area contributed by atoms with Crippen molar-refractivity contribution in [3.05, 3.63) is 32.6 Å². The van der Waals surface area contributed by atoms with Crippen LogP contribution in [0.4, 0.5) is 13.2 Å². The molecule has 0 unspecified atom stereocenters. The van der Waals surface area contributed by atoms with E-state index in [9.17, 15) is 18.0 Å². The molecule has 0 aromatic carbocycles. The van der Waals surface area contributed by atoms with Gasteiger partial charge in [-0.2, -0.15) is 13.2 Å². The molecule has 1 N–H and O–H groups in total. The van der Waals surface area contributed by atoms with Gasteiger partial charge in [0.1, 0.15) is 16.4 Å². The summed E-state index contributed by atoms with van der Waals surface area (Å²) in [5.74, 6) is -0.771. The normalized spacial score (nSPS) is 11.5. The Morgan fingerprint density at radius 2 is 2.14 bits per heavy atom. The molecule has 0 aliphatic heterocycles. The van der Waals surface area contributed by atoms with Gasteiger partial charge in [-0.1, -0.05) is 0 Å². The van der Waals surface area contributed by atoms with Gasteiger partial charge in [0.05, 0.1) is 5.69 Å². The Morgan fingerprint density at radius 1 is 1.43 bits per heavy atom. The first-order valence-corrected chi connectivity index (χ1v) is 7.59. The zero-order valence-corrected chi connectivity index (χ0v) is 13.6. The molecule has 0 saturated heterocycles. The third kappa shape index (κ3) is 4.37. The van der Waals surface area contributed by atoms with Crippen LogP contribution < -0.4 is 5.32 Å². The summed E-state index contributed by atoms with van der Waals surface area (Å²) in [7, 11) is 0. The van der Waals surface area contributed by atoms with E-state index in [1.54, 1.807) is 19.3 Å². The van der Waals surface area contributed by atoms with E-state index in [2.05, 4.69) is 32.6 Å². The largest absolute Gasteiger partial charge is 0.405 e. The van der Waals surface area contributed by atoms with Crippen molar-refractivity contribution in [2.75, 3.05) is 6.54 Å². The van der Waals surface area contributed by atoms with Crippen molar-refractivity contribution >= 4 is 39.8 Å². The number of carbonyl (C=O) groups is 1. The Labute approximate surface area is 135 Å². The van der Waals surface area contributed by atoms with Crippen molar-refractivity contribution in [3.8, 4) is 10.6 Å². The summed E-state index contributed by atoms with van der Waals surface area (Å²) in [4.78, 5) is 20.2. The minimum absolute atomic E-state index is 0.174. The van der Waals surface area contributed by atoms with Crippen molar-refractivity contribution in [1.82, 2.24) is 15.3 Å². The summed E-state index contributed by atoms with van der Waals surface area (Å²) < 4.78 is 37.2. The smallest absolute Gasteiger partial charge is 0.342 e. The van der Waals surface area contributed by atoms with Crippen molar-refractivity contribution in [3.63, 3.8) is 0 Å². The highest BCUT2D eigenvalue weighted by Gasteiger charge is 2.28. The van der Waals surface area contributed by atoms with Gasteiger partial charge in [-0.15, -0.1) is 11.3 Å². The third-order valence-corrected chi connectivity index (χ3v) is 4.20. The third-order valence-electron chi connectivity index (χ3n) is 2.40. The molecule has 2 aromatic heterocycles. The summed E-state index contributed by atoms with van der Waals surface area (Å²) in [5, 5.41) is 2.40. The minimum Gasteiger partial charge on any atom is -0.342 e. The number of alkyl halides is 3. The lowest BCUT2D eigenvalue weighted by atomic mass is 10.3. The maximum absolute atomic E-state index is 12.1. The number of rotatable bonds is 3. The molecule has 1 amide bonds. The van der Waals surface area contributed by atoms with Gasteiger partial charge in [-0.25, -0.2) is 4.98 Å². The van der Waals surface area contributed by atoms with E-state index in [1.807, 2.05) is 11.4 Å². The molecular formula is C12H9F3IN3OS. The van der Waals surface area contributed by atoms with Crippen LogP contribution in [-0.2, 0) is 0 Å². The Balaban J connectivity index is 2.21. The van der Waals surface area contributed by atoms with E-state index < -0.39 is 18.6 Å². The summed E-state index contributed by atoms with van der Waals surface area (Å²) in [6.45, 7) is 0.229. The maximum atomic E-state index is 12.1. The summed E-state index contributed by atoms with van der Waals surface area (Å²) in [6, 6.07) is 1.84.